The van der Waals surface area contributed by atoms with Gasteiger partial charge >= 0.3 is 0 Å². The SMILES string of the molecule is [2H]C1([2H])c2cccc(Br)c2OCN1C(=O)c1c(Cl)cc(-c2cnn(C)c2)cc1Cl. The van der Waals surface area contributed by atoms with Gasteiger partial charge < -0.3 is 9.64 Å². The van der Waals surface area contributed by atoms with E-state index in [1.165, 1.54) is 0 Å². The van der Waals surface area contributed by atoms with Crippen molar-refractivity contribution in [1.29, 1.82) is 0 Å². The number of amides is 1. The van der Waals surface area contributed by atoms with E-state index in [2.05, 4.69) is 21.0 Å². The average Bonchev–Trinajstić information content (AvgIpc) is 3.08. The van der Waals surface area contributed by atoms with Crippen molar-refractivity contribution in [2.45, 2.75) is 6.50 Å². The van der Waals surface area contributed by atoms with Crippen molar-refractivity contribution < 1.29 is 12.3 Å². The lowest BCUT2D eigenvalue weighted by Gasteiger charge is -2.30. The van der Waals surface area contributed by atoms with Crippen molar-refractivity contribution in [2.24, 2.45) is 7.05 Å². The molecule has 0 unspecified atom stereocenters. The molecule has 1 aromatic heterocycles. The summed E-state index contributed by atoms with van der Waals surface area (Å²) in [5.41, 5.74) is 1.76. The van der Waals surface area contributed by atoms with Gasteiger partial charge in [-0.05, 0) is 39.7 Å². The fraction of sp³-hybridized carbons (Fsp3) is 0.158. The van der Waals surface area contributed by atoms with Crippen molar-refractivity contribution in [2.75, 3.05) is 6.73 Å². The molecule has 1 aliphatic heterocycles. The Hall–Kier alpha value is -2.02. The number of aryl methyl sites for hydroxylation is 1. The minimum Gasteiger partial charge on any atom is -0.471 e. The van der Waals surface area contributed by atoms with E-state index < -0.39 is 12.4 Å². The van der Waals surface area contributed by atoms with Crippen LogP contribution in [0.2, 0.25) is 10.0 Å². The predicted octanol–water partition coefficient (Wildman–Crippen LogP) is 5.15. The number of ether oxygens (including phenoxy) is 1. The molecule has 0 atom stereocenters. The zero-order valence-corrected chi connectivity index (χ0v) is 17.1. The van der Waals surface area contributed by atoms with E-state index in [0.717, 1.165) is 10.5 Å². The molecule has 0 fully saturated rings. The van der Waals surface area contributed by atoms with Crippen molar-refractivity contribution in [3.05, 3.63) is 68.4 Å². The van der Waals surface area contributed by atoms with Crippen molar-refractivity contribution in [3.63, 3.8) is 0 Å². The Bertz CT molecular complexity index is 1110. The van der Waals surface area contributed by atoms with Gasteiger partial charge in [-0.3, -0.25) is 9.48 Å². The van der Waals surface area contributed by atoms with E-state index in [-0.39, 0.29) is 27.9 Å². The molecule has 0 saturated carbocycles. The minimum absolute atomic E-state index is 0.0203. The molecule has 0 bridgehead atoms. The second-order valence-electron chi connectivity index (χ2n) is 5.95. The highest BCUT2D eigenvalue weighted by Crippen LogP contribution is 2.36. The van der Waals surface area contributed by atoms with Crippen LogP contribution in [0.3, 0.4) is 0 Å². The molecule has 0 N–H and O–H groups in total. The number of carbonyl (C=O) groups excluding carboxylic acids is 1. The van der Waals surface area contributed by atoms with Gasteiger partial charge in [-0.15, -0.1) is 0 Å². The number of fused-ring (bicyclic) bond motifs is 1. The maximum Gasteiger partial charge on any atom is 0.259 e. The van der Waals surface area contributed by atoms with E-state index in [0.29, 0.717) is 15.8 Å². The molecule has 0 spiro atoms. The Labute approximate surface area is 177 Å². The van der Waals surface area contributed by atoms with Crippen molar-refractivity contribution in [1.82, 2.24) is 14.7 Å². The second-order valence-corrected chi connectivity index (χ2v) is 7.62. The van der Waals surface area contributed by atoms with Crippen LogP contribution >= 0.6 is 39.1 Å². The van der Waals surface area contributed by atoms with Gasteiger partial charge in [-0.25, -0.2) is 0 Å². The highest BCUT2D eigenvalue weighted by Gasteiger charge is 2.27. The van der Waals surface area contributed by atoms with E-state index in [9.17, 15) is 4.79 Å². The van der Waals surface area contributed by atoms with E-state index in [1.54, 1.807) is 54.5 Å². The third kappa shape index (κ3) is 3.45. The Kier molecular flexibility index (Phi) is 4.25. The first kappa shape index (κ1) is 16.0. The molecule has 1 aliphatic rings. The predicted molar refractivity (Wildman–Crippen MR) is 108 cm³/mol. The summed E-state index contributed by atoms with van der Waals surface area (Å²) < 4.78 is 25.0. The highest BCUT2D eigenvalue weighted by molar-refractivity contribution is 9.10. The van der Waals surface area contributed by atoms with Gasteiger partial charge in [0.05, 0.1) is 35.5 Å². The molecule has 0 radical (unpaired) electrons. The van der Waals surface area contributed by atoms with Gasteiger partial charge in [-0.2, -0.15) is 5.10 Å². The summed E-state index contributed by atoms with van der Waals surface area (Å²) in [7, 11) is 1.79. The van der Waals surface area contributed by atoms with Gasteiger partial charge in [-0.1, -0.05) is 35.3 Å². The van der Waals surface area contributed by atoms with Crippen molar-refractivity contribution in [3.8, 4) is 16.9 Å². The molecular weight excluding hydrogens is 453 g/mol. The van der Waals surface area contributed by atoms with Crippen LogP contribution in [0, 0.1) is 0 Å². The molecule has 4 rings (SSSR count). The summed E-state index contributed by atoms with van der Waals surface area (Å²) in [6.07, 6.45) is 3.46. The molecule has 0 aliphatic carbocycles. The normalized spacial score (nSPS) is 16.2. The Morgan fingerprint density at radius 1 is 1.30 bits per heavy atom. The second kappa shape index (κ2) is 7.19. The molecule has 2 aromatic carbocycles. The first-order valence-electron chi connectivity index (χ1n) is 8.92. The number of rotatable bonds is 2. The van der Waals surface area contributed by atoms with Crippen LogP contribution in [0.15, 0.2) is 47.2 Å². The summed E-state index contributed by atoms with van der Waals surface area (Å²) in [6, 6.07) is 8.23. The number of halogens is 3. The first-order chi connectivity index (χ1) is 13.7. The van der Waals surface area contributed by atoms with Crippen LogP contribution in [0.1, 0.15) is 18.7 Å². The van der Waals surface area contributed by atoms with Crippen LogP contribution in [0.25, 0.3) is 11.1 Å². The average molecular weight is 469 g/mol. The monoisotopic (exact) mass is 467 g/mol. The van der Waals surface area contributed by atoms with E-state index in [4.69, 9.17) is 30.7 Å². The molecule has 138 valence electrons. The standard InChI is InChI=1S/C19H14BrCl2N3O2/c1-24-8-13(7-23-24)12-5-15(21)17(16(22)6-12)19(26)25-9-11-3-2-4-14(20)18(11)27-10-25/h2-8H,9-10H2,1H3/i9D2. The molecule has 8 heteroatoms. The van der Waals surface area contributed by atoms with Gasteiger partial charge in [0.25, 0.3) is 5.91 Å². The largest absolute Gasteiger partial charge is 0.471 e. The van der Waals surface area contributed by atoms with Crippen molar-refractivity contribution >= 4 is 45.0 Å². The summed E-state index contributed by atoms with van der Waals surface area (Å²) in [6.45, 7) is -2.39. The Balaban J connectivity index is 1.73. The number of benzene rings is 2. The van der Waals surface area contributed by atoms with E-state index >= 15 is 0 Å². The molecular formula is C19H14BrCl2N3O2. The smallest absolute Gasteiger partial charge is 0.259 e. The van der Waals surface area contributed by atoms with Crippen LogP contribution in [0.5, 0.6) is 5.75 Å². The minimum atomic E-state index is -2.11. The molecule has 3 aromatic rings. The molecule has 2 heterocycles. The third-order valence-corrected chi connectivity index (χ3v) is 5.32. The van der Waals surface area contributed by atoms with Crippen LogP contribution in [0.4, 0.5) is 0 Å². The lowest BCUT2D eigenvalue weighted by Crippen LogP contribution is -2.37. The summed E-state index contributed by atoms with van der Waals surface area (Å²) >= 11 is 16.1. The molecule has 5 nitrogen and oxygen atoms in total. The third-order valence-electron chi connectivity index (χ3n) is 4.10. The van der Waals surface area contributed by atoms with Gasteiger partial charge in [0, 0.05) is 24.4 Å². The van der Waals surface area contributed by atoms with Crippen LogP contribution in [-0.4, -0.2) is 27.3 Å². The number of para-hydroxylation sites is 1. The maximum absolute atomic E-state index is 13.2. The topological polar surface area (TPSA) is 47.4 Å². The van der Waals surface area contributed by atoms with Gasteiger partial charge in [0.2, 0.25) is 0 Å². The van der Waals surface area contributed by atoms with Gasteiger partial charge in [0.15, 0.2) is 6.73 Å². The number of nitrogens with zero attached hydrogens (tertiary/aromatic N) is 3. The number of carbonyl (C=O) groups is 1. The van der Waals surface area contributed by atoms with Gasteiger partial charge in [0.1, 0.15) is 5.75 Å². The fourth-order valence-corrected chi connectivity index (χ4v) is 3.94. The maximum atomic E-state index is 13.2. The molecule has 27 heavy (non-hydrogen) atoms. The highest BCUT2D eigenvalue weighted by atomic mass is 79.9. The summed E-state index contributed by atoms with van der Waals surface area (Å²) in [5, 5.41) is 4.36. The fourth-order valence-electron chi connectivity index (χ4n) is 2.81. The van der Waals surface area contributed by atoms with Crippen LogP contribution < -0.4 is 4.74 Å². The first-order valence-corrected chi connectivity index (χ1v) is 9.47. The molecule has 0 saturated heterocycles. The Morgan fingerprint density at radius 2 is 2.04 bits per heavy atom. The lowest BCUT2D eigenvalue weighted by atomic mass is 10.1. The van der Waals surface area contributed by atoms with Crippen LogP contribution in [-0.2, 0) is 13.5 Å². The summed E-state index contributed by atoms with van der Waals surface area (Å²) in [5.74, 6) is -0.293. The lowest BCUT2D eigenvalue weighted by molar-refractivity contribution is 0.0512. The zero-order chi connectivity index (χ0) is 20.9. The quantitative estimate of drug-likeness (QED) is 0.522. The Morgan fingerprint density at radius 3 is 2.70 bits per heavy atom. The number of hydrogen-bond acceptors (Lipinski definition) is 3. The van der Waals surface area contributed by atoms with E-state index in [1.807, 2.05) is 0 Å². The zero-order valence-electron chi connectivity index (χ0n) is 16.0. The molecule has 1 amide bonds. The number of hydrogen-bond donors (Lipinski definition) is 0. The number of aromatic nitrogens is 2. The summed E-state index contributed by atoms with van der Waals surface area (Å²) in [4.78, 5) is 14.2.